The van der Waals surface area contributed by atoms with E-state index in [1.807, 2.05) is 13.8 Å². The summed E-state index contributed by atoms with van der Waals surface area (Å²) < 4.78 is 0. The zero-order chi connectivity index (χ0) is 15.4. The second-order valence-electron chi connectivity index (χ2n) is 4.84. The van der Waals surface area contributed by atoms with Crippen LogP contribution in [0.2, 0.25) is 0 Å². The maximum Gasteiger partial charge on any atom is -0.00607 e. The van der Waals surface area contributed by atoms with Gasteiger partial charge in [-0.15, -0.1) is 0 Å². The molecule has 20 heavy (non-hydrogen) atoms. The van der Waals surface area contributed by atoms with Crippen molar-refractivity contribution in [3.63, 3.8) is 0 Å². The Bertz CT molecular complexity index is 444. The molecule has 110 valence electrons. The van der Waals surface area contributed by atoms with E-state index in [9.17, 15) is 0 Å². The highest BCUT2D eigenvalue weighted by Crippen LogP contribution is 2.25. The molecule has 1 aromatic carbocycles. The molecule has 0 heteroatoms. The first-order valence-corrected chi connectivity index (χ1v) is 7.77. The lowest BCUT2D eigenvalue weighted by molar-refractivity contribution is 1.09. The van der Waals surface area contributed by atoms with Crippen molar-refractivity contribution in [1.29, 1.82) is 0 Å². The molecular weight excluding hydrogens is 240 g/mol. The summed E-state index contributed by atoms with van der Waals surface area (Å²) in [7, 11) is 0. The van der Waals surface area contributed by atoms with Crippen LogP contribution in [0.5, 0.6) is 0 Å². The van der Waals surface area contributed by atoms with Gasteiger partial charge in [0, 0.05) is 0 Å². The highest BCUT2D eigenvalue weighted by molar-refractivity contribution is 5.70. The van der Waals surface area contributed by atoms with E-state index in [0.29, 0.717) is 0 Å². The van der Waals surface area contributed by atoms with Gasteiger partial charge in [0.15, 0.2) is 0 Å². The van der Waals surface area contributed by atoms with E-state index in [2.05, 4.69) is 76.3 Å². The third-order valence-corrected chi connectivity index (χ3v) is 2.64. The minimum absolute atomic E-state index is 1.05. The Balaban J connectivity index is 0.000000641. The maximum absolute atomic E-state index is 2.26. The van der Waals surface area contributed by atoms with Crippen molar-refractivity contribution >= 4 is 5.57 Å². The summed E-state index contributed by atoms with van der Waals surface area (Å²) in [6, 6.07) is 10.6. The average molecular weight is 270 g/mol. The molecule has 0 nitrogen and oxygen atoms in total. The van der Waals surface area contributed by atoms with E-state index < -0.39 is 0 Å². The second-order valence-corrected chi connectivity index (χ2v) is 4.84. The molecule has 0 saturated carbocycles. The third kappa shape index (κ3) is 7.13. The van der Waals surface area contributed by atoms with Crippen molar-refractivity contribution in [3.05, 3.63) is 65.3 Å². The first-order valence-electron chi connectivity index (χ1n) is 7.77. The maximum atomic E-state index is 2.26. The summed E-state index contributed by atoms with van der Waals surface area (Å²) in [4.78, 5) is 0. The summed E-state index contributed by atoms with van der Waals surface area (Å²) in [5, 5.41) is 0. The third-order valence-electron chi connectivity index (χ3n) is 2.64. The Labute approximate surface area is 125 Å². The SMILES string of the molecule is CC.CC1=CC=C(c2ccccc2)CC(C)=C1.CCC. The van der Waals surface area contributed by atoms with Gasteiger partial charge in [0.2, 0.25) is 0 Å². The van der Waals surface area contributed by atoms with E-state index in [1.54, 1.807) is 0 Å². The topological polar surface area (TPSA) is 0 Å². The zero-order valence-electron chi connectivity index (χ0n) is 14.0. The van der Waals surface area contributed by atoms with Crippen LogP contribution in [0.3, 0.4) is 0 Å². The highest BCUT2D eigenvalue weighted by atomic mass is 14.1. The molecule has 0 aromatic heterocycles. The van der Waals surface area contributed by atoms with Gasteiger partial charge < -0.3 is 0 Å². The molecule has 0 radical (unpaired) electrons. The molecule has 1 aliphatic carbocycles. The van der Waals surface area contributed by atoms with Crippen LogP contribution in [-0.2, 0) is 0 Å². The molecular formula is C20H30. The second kappa shape index (κ2) is 11.3. The molecule has 0 heterocycles. The van der Waals surface area contributed by atoms with E-state index in [0.717, 1.165) is 6.42 Å². The van der Waals surface area contributed by atoms with Crippen molar-refractivity contribution in [2.75, 3.05) is 0 Å². The van der Waals surface area contributed by atoms with Gasteiger partial charge in [-0.2, -0.15) is 0 Å². The predicted molar refractivity (Wildman–Crippen MR) is 93.9 cm³/mol. The molecule has 0 atom stereocenters. The Kier molecular flexibility index (Phi) is 10.4. The molecule has 2 rings (SSSR count). The standard InChI is InChI=1S/C15H16.C3H8.C2H6/c1-12-8-9-15(11-13(2)10-12)14-6-4-3-5-7-14;1-3-2;1-2/h3-10H,11H2,1-2H3;3H2,1-2H3;1-2H3. The zero-order valence-corrected chi connectivity index (χ0v) is 14.0. The van der Waals surface area contributed by atoms with E-state index in [4.69, 9.17) is 0 Å². The Hall–Kier alpha value is -1.56. The van der Waals surface area contributed by atoms with E-state index in [1.165, 1.54) is 28.7 Å². The lowest BCUT2D eigenvalue weighted by atomic mass is 9.99. The number of hydrogen-bond acceptors (Lipinski definition) is 0. The number of hydrogen-bond donors (Lipinski definition) is 0. The van der Waals surface area contributed by atoms with Crippen LogP contribution >= 0.6 is 0 Å². The largest absolute Gasteiger partial charge is 0.0687 e. The van der Waals surface area contributed by atoms with Crippen LogP contribution in [-0.4, -0.2) is 0 Å². The molecule has 0 unspecified atom stereocenters. The highest BCUT2D eigenvalue weighted by Gasteiger charge is 2.04. The summed E-state index contributed by atoms with van der Waals surface area (Å²) >= 11 is 0. The van der Waals surface area contributed by atoms with Gasteiger partial charge in [-0.1, -0.05) is 93.8 Å². The lowest BCUT2D eigenvalue weighted by Crippen LogP contribution is -1.84. The van der Waals surface area contributed by atoms with Crippen LogP contribution in [0, 0.1) is 0 Å². The Morgan fingerprint density at radius 1 is 0.900 bits per heavy atom. The lowest BCUT2D eigenvalue weighted by Gasteiger charge is -2.05. The van der Waals surface area contributed by atoms with Gasteiger partial charge in [-0.05, 0) is 31.4 Å². The smallest absolute Gasteiger partial charge is 0.00607 e. The fourth-order valence-corrected chi connectivity index (χ4v) is 1.93. The summed E-state index contributed by atoms with van der Waals surface area (Å²) in [6.45, 7) is 12.6. The van der Waals surface area contributed by atoms with Gasteiger partial charge in [-0.25, -0.2) is 0 Å². The van der Waals surface area contributed by atoms with E-state index in [-0.39, 0.29) is 0 Å². The van der Waals surface area contributed by atoms with Crippen LogP contribution in [0.25, 0.3) is 5.57 Å². The predicted octanol–water partition coefficient (Wildman–Crippen LogP) is 6.81. The quantitative estimate of drug-likeness (QED) is 0.526. The van der Waals surface area contributed by atoms with Crippen molar-refractivity contribution in [1.82, 2.24) is 0 Å². The molecule has 0 fully saturated rings. The number of rotatable bonds is 1. The molecule has 0 N–H and O–H groups in total. The monoisotopic (exact) mass is 270 g/mol. The Morgan fingerprint density at radius 2 is 1.45 bits per heavy atom. The van der Waals surface area contributed by atoms with Gasteiger partial charge >= 0.3 is 0 Å². The van der Waals surface area contributed by atoms with Crippen LogP contribution in [0.4, 0.5) is 0 Å². The first kappa shape index (κ1) is 18.4. The molecule has 0 spiro atoms. The summed E-state index contributed by atoms with van der Waals surface area (Å²) in [6.07, 6.45) is 8.99. The van der Waals surface area contributed by atoms with Crippen LogP contribution < -0.4 is 0 Å². The number of allylic oxidation sites excluding steroid dienone is 6. The van der Waals surface area contributed by atoms with Crippen molar-refractivity contribution in [2.24, 2.45) is 0 Å². The number of benzene rings is 1. The van der Waals surface area contributed by atoms with Crippen LogP contribution in [0.1, 0.15) is 59.9 Å². The van der Waals surface area contributed by atoms with Gasteiger partial charge in [-0.3, -0.25) is 0 Å². The molecule has 0 amide bonds. The fourth-order valence-electron chi connectivity index (χ4n) is 1.93. The van der Waals surface area contributed by atoms with E-state index >= 15 is 0 Å². The van der Waals surface area contributed by atoms with Gasteiger partial charge in [0.25, 0.3) is 0 Å². The van der Waals surface area contributed by atoms with Crippen molar-refractivity contribution < 1.29 is 0 Å². The normalized spacial score (nSPS) is 13.4. The summed E-state index contributed by atoms with van der Waals surface area (Å²) in [5.41, 5.74) is 5.49. The molecule has 0 aliphatic heterocycles. The van der Waals surface area contributed by atoms with Gasteiger partial charge in [0.05, 0.1) is 0 Å². The molecule has 0 saturated heterocycles. The Morgan fingerprint density at radius 3 is 2.00 bits per heavy atom. The van der Waals surface area contributed by atoms with Crippen molar-refractivity contribution in [3.8, 4) is 0 Å². The first-order chi connectivity index (χ1) is 9.67. The molecule has 0 bridgehead atoms. The fraction of sp³-hybridized carbons (Fsp3) is 0.400. The molecule has 1 aromatic rings. The minimum atomic E-state index is 1.05. The minimum Gasteiger partial charge on any atom is -0.0687 e. The summed E-state index contributed by atoms with van der Waals surface area (Å²) in [5.74, 6) is 0. The van der Waals surface area contributed by atoms with Gasteiger partial charge in [0.1, 0.15) is 0 Å². The van der Waals surface area contributed by atoms with Crippen LogP contribution in [0.15, 0.2) is 59.7 Å². The van der Waals surface area contributed by atoms with Crippen molar-refractivity contribution in [2.45, 2.75) is 54.4 Å². The molecule has 1 aliphatic rings. The average Bonchev–Trinajstić information content (AvgIpc) is 2.63.